The molecule has 0 bridgehead atoms. The number of hydrogen-bond donors (Lipinski definition) is 1. The number of allylic oxidation sites excluding steroid dienone is 2. The zero-order valence-electron chi connectivity index (χ0n) is 16.9. The fourth-order valence-corrected chi connectivity index (χ4v) is 3.18. The van der Waals surface area contributed by atoms with Gasteiger partial charge in [0.25, 0.3) is 0 Å². The standard InChI is InChI=1S/C23H27NO5/c1-3-27-22(26)12-10-17-9-11-19(15-21(17)25)28-14-13-20-16(2)29-23(24-20)18-7-5-4-6-8-18/h4-9,11,21,25H,3,10,12-15H2,1-2H3. The summed E-state index contributed by atoms with van der Waals surface area (Å²) in [7, 11) is 0. The van der Waals surface area contributed by atoms with Crippen molar-refractivity contribution in [2.45, 2.75) is 45.6 Å². The number of aliphatic hydroxyl groups excluding tert-OH is 1. The summed E-state index contributed by atoms with van der Waals surface area (Å²) in [5, 5.41) is 10.3. The van der Waals surface area contributed by atoms with E-state index in [9.17, 15) is 9.90 Å². The number of carbonyl (C=O) groups is 1. The fourth-order valence-electron chi connectivity index (χ4n) is 3.18. The lowest BCUT2D eigenvalue weighted by Crippen LogP contribution is -2.17. The van der Waals surface area contributed by atoms with Crippen molar-refractivity contribution in [1.29, 1.82) is 0 Å². The van der Waals surface area contributed by atoms with Crippen LogP contribution in [0.5, 0.6) is 0 Å². The number of aliphatic hydroxyl groups is 1. The van der Waals surface area contributed by atoms with E-state index < -0.39 is 6.10 Å². The van der Waals surface area contributed by atoms with E-state index >= 15 is 0 Å². The predicted octanol–water partition coefficient (Wildman–Crippen LogP) is 4.13. The van der Waals surface area contributed by atoms with Crippen molar-refractivity contribution in [2.75, 3.05) is 13.2 Å². The van der Waals surface area contributed by atoms with E-state index in [4.69, 9.17) is 13.9 Å². The van der Waals surface area contributed by atoms with Crippen LogP contribution in [0.4, 0.5) is 0 Å². The lowest BCUT2D eigenvalue weighted by atomic mass is 9.96. The second-order valence-electron chi connectivity index (χ2n) is 6.89. The topological polar surface area (TPSA) is 81.8 Å². The number of rotatable bonds is 9. The van der Waals surface area contributed by atoms with Crippen molar-refractivity contribution in [2.24, 2.45) is 0 Å². The Morgan fingerprint density at radius 2 is 2.03 bits per heavy atom. The number of hydrogen-bond acceptors (Lipinski definition) is 6. The van der Waals surface area contributed by atoms with Gasteiger partial charge < -0.3 is 19.0 Å². The Labute approximate surface area is 170 Å². The van der Waals surface area contributed by atoms with Gasteiger partial charge in [-0.05, 0) is 44.1 Å². The van der Waals surface area contributed by atoms with Crippen molar-refractivity contribution in [3.05, 3.63) is 65.3 Å². The molecule has 0 radical (unpaired) electrons. The zero-order valence-corrected chi connectivity index (χ0v) is 16.9. The maximum Gasteiger partial charge on any atom is 0.306 e. The van der Waals surface area contributed by atoms with Gasteiger partial charge in [-0.3, -0.25) is 4.79 Å². The van der Waals surface area contributed by atoms with Gasteiger partial charge in [-0.25, -0.2) is 4.98 Å². The third-order valence-electron chi connectivity index (χ3n) is 4.77. The Bertz CT molecular complexity index is 882. The SMILES string of the molecule is CCOC(=O)CCC1=CC=C(OCCc2nc(-c3ccccc3)oc2C)CC1O. The molecule has 0 amide bonds. The summed E-state index contributed by atoms with van der Waals surface area (Å²) in [5.41, 5.74) is 2.64. The molecule has 0 saturated heterocycles. The molecule has 3 rings (SSSR count). The Morgan fingerprint density at radius 1 is 1.24 bits per heavy atom. The lowest BCUT2D eigenvalue weighted by molar-refractivity contribution is -0.143. The number of aromatic nitrogens is 1. The van der Waals surface area contributed by atoms with Gasteiger partial charge in [0.05, 0.1) is 30.8 Å². The summed E-state index contributed by atoms with van der Waals surface area (Å²) in [4.78, 5) is 16.0. The Balaban J connectivity index is 1.51. The van der Waals surface area contributed by atoms with Crippen LogP contribution in [-0.4, -0.2) is 35.4 Å². The number of aryl methyl sites for hydroxylation is 1. The first-order valence-electron chi connectivity index (χ1n) is 9.94. The van der Waals surface area contributed by atoms with Crippen LogP contribution in [0.25, 0.3) is 11.5 Å². The third-order valence-corrected chi connectivity index (χ3v) is 4.77. The summed E-state index contributed by atoms with van der Waals surface area (Å²) in [5.74, 6) is 1.87. The first-order chi connectivity index (χ1) is 14.1. The molecule has 0 spiro atoms. The normalized spacial score (nSPS) is 16.2. The molecule has 0 aliphatic heterocycles. The molecular formula is C23H27NO5. The first kappa shape index (κ1) is 20.9. The third kappa shape index (κ3) is 5.81. The van der Waals surface area contributed by atoms with Crippen molar-refractivity contribution in [1.82, 2.24) is 4.98 Å². The minimum atomic E-state index is -0.636. The molecule has 1 unspecified atom stereocenters. The molecule has 6 heteroatoms. The number of carbonyl (C=O) groups excluding carboxylic acids is 1. The summed E-state index contributed by atoms with van der Waals surface area (Å²) in [6, 6.07) is 9.79. The second kappa shape index (κ2) is 10.1. The molecule has 0 saturated carbocycles. The van der Waals surface area contributed by atoms with E-state index in [-0.39, 0.29) is 12.4 Å². The van der Waals surface area contributed by atoms with Crippen LogP contribution >= 0.6 is 0 Å². The molecule has 2 aromatic rings. The molecule has 1 aromatic heterocycles. The molecule has 1 heterocycles. The van der Waals surface area contributed by atoms with Crippen molar-refractivity contribution in [3.8, 4) is 11.5 Å². The van der Waals surface area contributed by atoms with Gasteiger partial charge in [0.15, 0.2) is 0 Å². The van der Waals surface area contributed by atoms with Crippen molar-refractivity contribution < 1.29 is 23.8 Å². The number of ether oxygens (including phenoxy) is 2. The van der Waals surface area contributed by atoms with Gasteiger partial charge in [0.2, 0.25) is 5.89 Å². The molecule has 1 atom stereocenters. The first-order valence-corrected chi connectivity index (χ1v) is 9.94. The minimum absolute atomic E-state index is 0.246. The average molecular weight is 397 g/mol. The highest BCUT2D eigenvalue weighted by Crippen LogP contribution is 2.25. The fraction of sp³-hybridized carbons (Fsp3) is 0.391. The molecule has 1 aromatic carbocycles. The van der Waals surface area contributed by atoms with E-state index in [0.717, 1.165) is 28.3 Å². The van der Waals surface area contributed by atoms with Crippen LogP contribution < -0.4 is 0 Å². The molecule has 6 nitrogen and oxygen atoms in total. The lowest BCUT2D eigenvalue weighted by Gasteiger charge is -2.21. The maximum atomic E-state index is 11.5. The molecule has 1 N–H and O–H groups in total. The second-order valence-corrected chi connectivity index (χ2v) is 6.89. The zero-order chi connectivity index (χ0) is 20.6. The number of esters is 1. The maximum absolute atomic E-state index is 11.5. The van der Waals surface area contributed by atoms with Gasteiger partial charge in [0, 0.05) is 24.8 Å². The van der Waals surface area contributed by atoms with Crippen LogP contribution in [0.3, 0.4) is 0 Å². The highest BCUT2D eigenvalue weighted by molar-refractivity contribution is 5.69. The van der Waals surface area contributed by atoms with Crippen LogP contribution in [0.2, 0.25) is 0 Å². The molecular weight excluding hydrogens is 370 g/mol. The summed E-state index contributed by atoms with van der Waals surface area (Å²) in [6.45, 7) is 4.50. The van der Waals surface area contributed by atoms with Gasteiger partial charge in [-0.2, -0.15) is 0 Å². The monoisotopic (exact) mass is 397 g/mol. The van der Waals surface area contributed by atoms with Gasteiger partial charge in [-0.1, -0.05) is 24.3 Å². The van der Waals surface area contributed by atoms with E-state index in [0.29, 0.717) is 38.4 Å². The summed E-state index contributed by atoms with van der Waals surface area (Å²) in [6.07, 6.45) is 4.84. The number of benzene rings is 1. The Morgan fingerprint density at radius 3 is 2.76 bits per heavy atom. The van der Waals surface area contributed by atoms with Gasteiger partial charge in [-0.15, -0.1) is 0 Å². The van der Waals surface area contributed by atoms with Crippen LogP contribution in [0, 0.1) is 6.92 Å². The number of oxazole rings is 1. The van der Waals surface area contributed by atoms with Crippen LogP contribution in [0.15, 0.2) is 58.2 Å². The van der Waals surface area contributed by atoms with E-state index in [1.54, 1.807) is 6.92 Å². The molecule has 1 aliphatic carbocycles. The molecule has 29 heavy (non-hydrogen) atoms. The van der Waals surface area contributed by atoms with Crippen molar-refractivity contribution >= 4 is 5.97 Å². The smallest absolute Gasteiger partial charge is 0.306 e. The van der Waals surface area contributed by atoms with Gasteiger partial charge in [0.1, 0.15) is 5.76 Å². The minimum Gasteiger partial charge on any atom is -0.497 e. The average Bonchev–Trinajstić information content (AvgIpc) is 3.09. The quantitative estimate of drug-likeness (QED) is 0.641. The Hall–Kier alpha value is -2.86. The van der Waals surface area contributed by atoms with Gasteiger partial charge >= 0.3 is 5.97 Å². The summed E-state index contributed by atoms with van der Waals surface area (Å²) < 4.78 is 16.5. The Kier molecular flexibility index (Phi) is 7.25. The number of nitrogens with zero attached hydrogens (tertiary/aromatic N) is 1. The van der Waals surface area contributed by atoms with Crippen LogP contribution in [-0.2, 0) is 20.7 Å². The van der Waals surface area contributed by atoms with E-state index in [1.807, 2.05) is 49.4 Å². The largest absolute Gasteiger partial charge is 0.497 e. The highest BCUT2D eigenvalue weighted by Gasteiger charge is 2.19. The molecule has 154 valence electrons. The highest BCUT2D eigenvalue weighted by atomic mass is 16.5. The summed E-state index contributed by atoms with van der Waals surface area (Å²) >= 11 is 0. The van der Waals surface area contributed by atoms with E-state index in [1.165, 1.54) is 0 Å². The van der Waals surface area contributed by atoms with Crippen LogP contribution in [0.1, 0.15) is 37.6 Å². The van der Waals surface area contributed by atoms with E-state index in [2.05, 4.69) is 4.98 Å². The van der Waals surface area contributed by atoms with Crippen molar-refractivity contribution in [3.63, 3.8) is 0 Å². The predicted molar refractivity (Wildman–Crippen MR) is 109 cm³/mol. The molecule has 0 fully saturated rings. The molecule has 1 aliphatic rings.